The van der Waals surface area contributed by atoms with Gasteiger partial charge < -0.3 is 10.4 Å². The van der Waals surface area contributed by atoms with Crippen LogP contribution in [0.25, 0.3) is 0 Å². The molecule has 13 heavy (non-hydrogen) atoms. The maximum Gasteiger partial charge on any atom is 0.307 e. The lowest BCUT2D eigenvalue weighted by atomic mass is 10.0. The minimum atomic E-state index is -0.752. The average Bonchev–Trinajstić information content (AvgIpc) is 2.06. The van der Waals surface area contributed by atoms with Crippen molar-refractivity contribution in [3.8, 4) is 0 Å². The Labute approximate surface area is 79.2 Å². The fourth-order valence-corrected chi connectivity index (χ4v) is 0.973. The summed E-state index contributed by atoms with van der Waals surface area (Å²) in [4.78, 5) is 10.2. The highest BCUT2D eigenvalue weighted by Gasteiger charge is 2.01. The molecule has 0 saturated carbocycles. The molecular weight excluding hydrogens is 166 g/mol. The summed E-state index contributed by atoms with van der Waals surface area (Å²) in [6.07, 6.45) is 8.07. The molecule has 0 aromatic rings. The average molecular weight is 183 g/mol. The third kappa shape index (κ3) is 7.28. The topological polar surface area (TPSA) is 49.3 Å². The molecule has 0 aromatic carbocycles. The fourth-order valence-electron chi connectivity index (χ4n) is 0.973. The highest BCUT2D eigenvalue weighted by atomic mass is 16.4. The van der Waals surface area contributed by atoms with Crippen LogP contribution in [0.2, 0.25) is 0 Å². The summed E-state index contributed by atoms with van der Waals surface area (Å²) in [6.45, 7) is 0. The molecule has 0 fully saturated rings. The number of carboxylic acid groups (broad SMARTS) is 1. The summed E-state index contributed by atoms with van der Waals surface area (Å²) in [5.41, 5.74) is 0.929. The lowest BCUT2D eigenvalue weighted by Gasteiger charge is -2.02. The van der Waals surface area contributed by atoms with Gasteiger partial charge in [0.25, 0.3) is 0 Å². The second-order valence-electron chi connectivity index (χ2n) is 2.83. The standard InChI is InChI=1S/C8H10O2.C2H7N/c9-8(10)6-7-4-2-1-3-5-7;1-3-2/h2,4-5H,1,3,6H2,(H,9,10);3H,1-2H3. The lowest BCUT2D eigenvalue weighted by molar-refractivity contribution is -0.136. The monoisotopic (exact) mass is 183 g/mol. The van der Waals surface area contributed by atoms with Crippen molar-refractivity contribution in [2.45, 2.75) is 19.3 Å². The molecule has 1 rings (SSSR count). The largest absolute Gasteiger partial charge is 0.481 e. The van der Waals surface area contributed by atoms with E-state index >= 15 is 0 Å². The highest BCUT2D eigenvalue weighted by Crippen LogP contribution is 2.12. The second-order valence-corrected chi connectivity index (χ2v) is 2.83. The van der Waals surface area contributed by atoms with Gasteiger partial charge in [-0.1, -0.05) is 18.2 Å². The zero-order valence-corrected chi connectivity index (χ0v) is 8.21. The van der Waals surface area contributed by atoms with E-state index in [9.17, 15) is 4.79 Å². The summed E-state index contributed by atoms with van der Waals surface area (Å²) in [5.74, 6) is -0.752. The van der Waals surface area contributed by atoms with Gasteiger partial charge in [-0.2, -0.15) is 0 Å². The Morgan fingerprint density at radius 3 is 2.54 bits per heavy atom. The molecule has 1 aliphatic carbocycles. The molecule has 0 aliphatic heterocycles. The van der Waals surface area contributed by atoms with Crippen LogP contribution >= 0.6 is 0 Å². The number of nitrogens with one attached hydrogen (secondary N) is 1. The zero-order chi connectivity index (χ0) is 10.1. The minimum Gasteiger partial charge on any atom is -0.481 e. The molecule has 0 unspecified atom stereocenters. The summed E-state index contributed by atoms with van der Waals surface area (Å²) < 4.78 is 0. The summed E-state index contributed by atoms with van der Waals surface area (Å²) in [5, 5.41) is 11.1. The van der Waals surface area contributed by atoms with Gasteiger partial charge >= 0.3 is 5.97 Å². The van der Waals surface area contributed by atoms with Crippen molar-refractivity contribution in [2.24, 2.45) is 0 Å². The molecule has 1 aliphatic rings. The minimum absolute atomic E-state index is 0.163. The number of hydrogen-bond donors (Lipinski definition) is 2. The van der Waals surface area contributed by atoms with E-state index in [1.165, 1.54) is 0 Å². The first-order valence-electron chi connectivity index (χ1n) is 4.36. The smallest absolute Gasteiger partial charge is 0.307 e. The number of carbonyl (C=O) groups is 1. The van der Waals surface area contributed by atoms with E-state index in [2.05, 4.69) is 5.32 Å². The molecule has 0 bridgehead atoms. The van der Waals surface area contributed by atoms with Crippen molar-refractivity contribution < 1.29 is 9.90 Å². The first-order chi connectivity index (χ1) is 6.20. The molecule has 0 atom stereocenters. The Kier molecular flexibility index (Phi) is 6.92. The van der Waals surface area contributed by atoms with E-state index in [0.717, 1.165) is 18.4 Å². The predicted molar refractivity (Wildman–Crippen MR) is 53.7 cm³/mol. The Morgan fingerprint density at radius 2 is 2.15 bits per heavy atom. The molecule has 0 heterocycles. The third-order valence-corrected chi connectivity index (χ3v) is 1.43. The molecule has 0 amide bonds. The summed E-state index contributed by atoms with van der Waals surface area (Å²) >= 11 is 0. The van der Waals surface area contributed by atoms with E-state index in [1.807, 2.05) is 32.3 Å². The van der Waals surface area contributed by atoms with Crippen molar-refractivity contribution in [1.82, 2.24) is 5.32 Å². The molecule has 74 valence electrons. The SMILES string of the molecule is CNC.O=C(O)CC1=CCCC=C1. The highest BCUT2D eigenvalue weighted by molar-refractivity contribution is 5.71. The number of carboxylic acids is 1. The molecule has 0 spiro atoms. The Bertz CT molecular complexity index is 207. The molecule has 0 saturated heterocycles. The molecular formula is C10H17NO2. The normalized spacial score (nSPS) is 14.2. The molecule has 3 nitrogen and oxygen atoms in total. The van der Waals surface area contributed by atoms with E-state index in [1.54, 1.807) is 0 Å². The van der Waals surface area contributed by atoms with Crippen LogP contribution in [0.15, 0.2) is 23.8 Å². The maximum absolute atomic E-state index is 10.2. The van der Waals surface area contributed by atoms with Crippen LogP contribution < -0.4 is 5.32 Å². The van der Waals surface area contributed by atoms with Crippen LogP contribution in [0.4, 0.5) is 0 Å². The van der Waals surface area contributed by atoms with Crippen LogP contribution in [0.1, 0.15) is 19.3 Å². The van der Waals surface area contributed by atoms with E-state index in [-0.39, 0.29) is 6.42 Å². The van der Waals surface area contributed by atoms with Gasteiger partial charge in [-0.15, -0.1) is 0 Å². The van der Waals surface area contributed by atoms with Crippen LogP contribution in [-0.4, -0.2) is 25.2 Å². The van der Waals surface area contributed by atoms with Gasteiger partial charge in [-0.3, -0.25) is 4.79 Å². The van der Waals surface area contributed by atoms with Crippen LogP contribution in [0.3, 0.4) is 0 Å². The quantitative estimate of drug-likeness (QED) is 0.683. The zero-order valence-electron chi connectivity index (χ0n) is 8.21. The Morgan fingerprint density at radius 1 is 1.54 bits per heavy atom. The van der Waals surface area contributed by atoms with Crippen molar-refractivity contribution in [1.29, 1.82) is 0 Å². The van der Waals surface area contributed by atoms with Crippen LogP contribution in [0, 0.1) is 0 Å². The first kappa shape index (κ1) is 11.9. The molecule has 2 N–H and O–H groups in total. The summed E-state index contributed by atoms with van der Waals surface area (Å²) in [6, 6.07) is 0. The predicted octanol–water partition coefficient (Wildman–Crippen LogP) is 1.57. The first-order valence-corrected chi connectivity index (χ1v) is 4.36. The van der Waals surface area contributed by atoms with Gasteiger partial charge in [0.15, 0.2) is 0 Å². The van der Waals surface area contributed by atoms with Gasteiger partial charge in [0.05, 0.1) is 6.42 Å². The van der Waals surface area contributed by atoms with Crippen LogP contribution in [0.5, 0.6) is 0 Å². The number of allylic oxidation sites excluding steroid dienone is 3. The van der Waals surface area contributed by atoms with Gasteiger partial charge in [0.2, 0.25) is 0 Å². The number of hydrogen-bond acceptors (Lipinski definition) is 2. The van der Waals surface area contributed by atoms with Gasteiger partial charge in [-0.25, -0.2) is 0 Å². The van der Waals surface area contributed by atoms with Gasteiger partial charge in [0, 0.05) is 0 Å². The van der Waals surface area contributed by atoms with E-state index in [4.69, 9.17) is 5.11 Å². The maximum atomic E-state index is 10.2. The molecule has 3 heteroatoms. The second kappa shape index (κ2) is 7.55. The number of rotatable bonds is 2. The van der Waals surface area contributed by atoms with E-state index in [0.29, 0.717) is 0 Å². The molecule has 0 radical (unpaired) electrons. The third-order valence-electron chi connectivity index (χ3n) is 1.43. The lowest BCUT2D eigenvalue weighted by Crippen LogP contribution is -1.96. The number of aliphatic carboxylic acids is 1. The van der Waals surface area contributed by atoms with Gasteiger partial charge in [-0.05, 0) is 32.5 Å². The van der Waals surface area contributed by atoms with Crippen molar-refractivity contribution >= 4 is 5.97 Å². The van der Waals surface area contributed by atoms with E-state index < -0.39 is 5.97 Å². The van der Waals surface area contributed by atoms with Crippen molar-refractivity contribution in [2.75, 3.05) is 14.1 Å². The Hall–Kier alpha value is -1.09. The Balaban J connectivity index is 0.000000424. The summed E-state index contributed by atoms with van der Waals surface area (Å²) in [7, 11) is 3.75. The molecule has 0 aromatic heterocycles. The fraction of sp³-hybridized carbons (Fsp3) is 0.500. The van der Waals surface area contributed by atoms with Crippen molar-refractivity contribution in [3.05, 3.63) is 23.8 Å². The van der Waals surface area contributed by atoms with Crippen molar-refractivity contribution in [3.63, 3.8) is 0 Å². The van der Waals surface area contributed by atoms with Crippen LogP contribution in [-0.2, 0) is 4.79 Å². The van der Waals surface area contributed by atoms with Gasteiger partial charge in [0.1, 0.15) is 0 Å².